The highest BCUT2D eigenvalue weighted by molar-refractivity contribution is 5.92. The van der Waals surface area contributed by atoms with Crippen LogP contribution in [0.25, 0.3) is 0 Å². The van der Waals surface area contributed by atoms with E-state index < -0.39 is 24.4 Å². The molecule has 5 nitrogen and oxygen atoms in total. The third-order valence-electron chi connectivity index (χ3n) is 2.34. The van der Waals surface area contributed by atoms with Crippen LogP contribution >= 0.6 is 0 Å². The molecule has 6 heteroatoms. The summed E-state index contributed by atoms with van der Waals surface area (Å²) in [6.45, 7) is 1.02. The molecule has 1 aromatic rings. The summed E-state index contributed by atoms with van der Waals surface area (Å²) >= 11 is 0. The molecule has 1 aromatic carbocycles. The molecular formula is C13H13FN2O3. The summed E-state index contributed by atoms with van der Waals surface area (Å²) in [7, 11) is 0. The molecule has 19 heavy (non-hydrogen) atoms. The number of nitrogens with one attached hydrogen (secondary N) is 1. The summed E-state index contributed by atoms with van der Waals surface area (Å²) in [5.74, 6) is 0.517. The monoisotopic (exact) mass is 264 g/mol. The maximum atomic E-state index is 13.1. The molecule has 0 aliphatic heterocycles. The van der Waals surface area contributed by atoms with Crippen LogP contribution in [0.2, 0.25) is 0 Å². The van der Waals surface area contributed by atoms with Crippen molar-refractivity contribution in [1.82, 2.24) is 4.90 Å². The van der Waals surface area contributed by atoms with Gasteiger partial charge in [0.25, 0.3) is 0 Å². The molecule has 100 valence electrons. The van der Waals surface area contributed by atoms with Gasteiger partial charge in [-0.15, -0.1) is 6.42 Å². The number of amides is 2. The molecule has 0 spiro atoms. The molecule has 2 N–H and O–H groups in total. The lowest BCUT2D eigenvalue weighted by atomic mass is 10.2. The second-order valence-corrected chi connectivity index (χ2v) is 3.84. The topological polar surface area (TPSA) is 69.6 Å². The van der Waals surface area contributed by atoms with Gasteiger partial charge in [0.1, 0.15) is 12.4 Å². The third-order valence-corrected chi connectivity index (χ3v) is 2.34. The Bertz CT molecular complexity index is 537. The van der Waals surface area contributed by atoms with E-state index in [1.165, 1.54) is 12.1 Å². The molecule has 0 bridgehead atoms. The summed E-state index contributed by atoms with van der Waals surface area (Å²) in [6.07, 6.45) is 5.07. The van der Waals surface area contributed by atoms with E-state index in [4.69, 9.17) is 11.5 Å². The van der Waals surface area contributed by atoms with Gasteiger partial charge in [-0.1, -0.05) is 12.0 Å². The number of terminal acetylenes is 1. The van der Waals surface area contributed by atoms with Gasteiger partial charge >= 0.3 is 12.0 Å². The van der Waals surface area contributed by atoms with Gasteiger partial charge < -0.3 is 15.3 Å². The highest BCUT2D eigenvalue weighted by atomic mass is 19.1. The molecular weight excluding hydrogens is 251 g/mol. The predicted molar refractivity (Wildman–Crippen MR) is 68.2 cm³/mol. The summed E-state index contributed by atoms with van der Waals surface area (Å²) < 4.78 is 13.1. The number of hydrogen-bond acceptors (Lipinski definition) is 2. The largest absolute Gasteiger partial charge is 0.480 e. The Kier molecular flexibility index (Phi) is 4.89. The standard InChI is InChI=1S/C13H13FN2O3/c1-3-6-16(8-12(17)18)13(19)15-11-7-10(14)5-4-9(11)2/h1,4-5,7H,6,8H2,2H3,(H,15,19)(H,17,18). The van der Waals surface area contributed by atoms with Crippen molar-refractivity contribution in [2.45, 2.75) is 6.92 Å². The number of rotatable bonds is 4. The van der Waals surface area contributed by atoms with Gasteiger partial charge in [0, 0.05) is 5.69 Å². The highest BCUT2D eigenvalue weighted by Crippen LogP contribution is 2.16. The fourth-order valence-corrected chi connectivity index (χ4v) is 1.40. The van der Waals surface area contributed by atoms with Crippen molar-refractivity contribution in [3.05, 3.63) is 29.6 Å². The molecule has 0 radical (unpaired) electrons. The van der Waals surface area contributed by atoms with E-state index in [1.807, 2.05) is 0 Å². The lowest BCUT2D eigenvalue weighted by Gasteiger charge is -2.19. The summed E-state index contributed by atoms with van der Waals surface area (Å²) in [5.41, 5.74) is 0.933. The minimum absolute atomic E-state index is 0.146. The molecule has 0 heterocycles. The molecule has 0 unspecified atom stereocenters. The van der Waals surface area contributed by atoms with Crippen LogP contribution in [0, 0.1) is 25.1 Å². The third kappa shape index (κ3) is 4.32. The fraction of sp³-hybridized carbons (Fsp3) is 0.231. The van der Waals surface area contributed by atoms with Crippen molar-refractivity contribution in [2.75, 3.05) is 18.4 Å². The van der Waals surface area contributed by atoms with Crippen LogP contribution in [0.1, 0.15) is 5.56 Å². The molecule has 0 fully saturated rings. The van der Waals surface area contributed by atoms with Gasteiger partial charge in [-0.2, -0.15) is 0 Å². The van der Waals surface area contributed by atoms with Crippen LogP contribution in [-0.2, 0) is 4.79 Å². The first-order valence-corrected chi connectivity index (χ1v) is 5.41. The Morgan fingerprint density at radius 2 is 2.21 bits per heavy atom. The van der Waals surface area contributed by atoms with Gasteiger partial charge in [0.15, 0.2) is 0 Å². The molecule has 0 saturated heterocycles. The number of benzene rings is 1. The van der Waals surface area contributed by atoms with E-state index in [0.717, 1.165) is 11.0 Å². The number of urea groups is 1. The minimum Gasteiger partial charge on any atom is -0.480 e. The Balaban J connectivity index is 2.84. The Morgan fingerprint density at radius 3 is 2.79 bits per heavy atom. The van der Waals surface area contributed by atoms with E-state index in [9.17, 15) is 14.0 Å². The smallest absolute Gasteiger partial charge is 0.323 e. The molecule has 2 amide bonds. The zero-order chi connectivity index (χ0) is 14.4. The normalized spacial score (nSPS) is 9.53. The Hall–Kier alpha value is -2.55. The average molecular weight is 264 g/mol. The number of carboxylic acids is 1. The van der Waals surface area contributed by atoms with Crippen molar-refractivity contribution < 1.29 is 19.1 Å². The number of nitrogens with zero attached hydrogens (tertiary/aromatic N) is 1. The number of carboxylic acid groups (broad SMARTS) is 1. The van der Waals surface area contributed by atoms with Crippen LogP contribution in [0.5, 0.6) is 0 Å². The molecule has 0 aliphatic rings. The summed E-state index contributed by atoms with van der Waals surface area (Å²) in [5, 5.41) is 11.1. The molecule has 0 saturated carbocycles. The first kappa shape index (κ1) is 14.5. The SMILES string of the molecule is C#CCN(CC(=O)O)C(=O)Nc1cc(F)ccc1C. The minimum atomic E-state index is -1.18. The van der Waals surface area contributed by atoms with Crippen molar-refractivity contribution in [1.29, 1.82) is 0 Å². The van der Waals surface area contributed by atoms with Gasteiger partial charge in [0.2, 0.25) is 0 Å². The first-order valence-electron chi connectivity index (χ1n) is 5.41. The maximum Gasteiger partial charge on any atom is 0.323 e. The summed E-state index contributed by atoms with van der Waals surface area (Å²) in [4.78, 5) is 23.4. The van der Waals surface area contributed by atoms with E-state index in [0.29, 0.717) is 5.56 Å². The summed E-state index contributed by atoms with van der Waals surface area (Å²) in [6, 6.07) is 3.24. The number of aliphatic carboxylic acids is 1. The van der Waals surface area contributed by atoms with Crippen LogP contribution in [-0.4, -0.2) is 35.1 Å². The van der Waals surface area contributed by atoms with Crippen LogP contribution in [0.4, 0.5) is 14.9 Å². The fourth-order valence-electron chi connectivity index (χ4n) is 1.40. The number of hydrogen-bond donors (Lipinski definition) is 2. The first-order chi connectivity index (χ1) is 8.93. The molecule has 0 aliphatic carbocycles. The predicted octanol–water partition coefficient (Wildman–Crippen LogP) is 1.69. The van der Waals surface area contributed by atoms with E-state index in [1.54, 1.807) is 6.92 Å². The lowest BCUT2D eigenvalue weighted by molar-refractivity contribution is -0.137. The quantitative estimate of drug-likeness (QED) is 0.813. The van der Waals surface area contributed by atoms with Crippen molar-refractivity contribution >= 4 is 17.7 Å². The van der Waals surface area contributed by atoms with Crippen LogP contribution in [0.3, 0.4) is 0 Å². The van der Waals surface area contributed by atoms with E-state index >= 15 is 0 Å². The van der Waals surface area contributed by atoms with Crippen molar-refractivity contribution in [3.63, 3.8) is 0 Å². The van der Waals surface area contributed by atoms with Crippen LogP contribution in [0.15, 0.2) is 18.2 Å². The second kappa shape index (κ2) is 6.40. The number of aryl methyl sites for hydroxylation is 1. The number of anilines is 1. The Morgan fingerprint density at radius 1 is 1.53 bits per heavy atom. The molecule has 0 aromatic heterocycles. The lowest BCUT2D eigenvalue weighted by Crippen LogP contribution is -2.39. The van der Waals surface area contributed by atoms with Gasteiger partial charge in [-0.25, -0.2) is 9.18 Å². The zero-order valence-electron chi connectivity index (χ0n) is 10.3. The average Bonchev–Trinajstić information content (AvgIpc) is 2.32. The van der Waals surface area contributed by atoms with Gasteiger partial charge in [0.05, 0.1) is 6.54 Å². The van der Waals surface area contributed by atoms with Gasteiger partial charge in [-0.3, -0.25) is 4.79 Å². The van der Waals surface area contributed by atoms with Gasteiger partial charge in [-0.05, 0) is 24.6 Å². The molecule has 0 atom stereocenters. The number of halogens is 1. The van der Waals surface area contributed by atoms with Crippen molar-refractivity contribution in [2.24, 2.45) is 0 Å². The highest BCUT2D eigenvalue weighted by Gasteiger charge is 2.16. The number of carbonyl (C=O) groups is 2. The van der Waals surface area contributed by atoms with Crippen molar-refractivity contribution in [3.8, 4) is 12.3 Å². The van der Waals surface area contributed by atoms with Crippen LogP contribution < -0.4 is 5.32 Å². The second-order valence-electron chi connectivity index (χ2n) is 3.84. The van der Waals surface area contributed by atoms with E-state index in [-0.39, 0.29) is 12.2 Å². The number of carbonyl (C=O) groups excluding carboxylic acids is 1. The Labute approximate surface area is 110 Å². The molecule has 1 rings (SSSR count). The van der Waals surface area contributed by atoms with E-state index in [2.05, 4.69) is 11.2 Å². The maximum absolute atomic E-state index is 13.1. The zero-order valence-corrected chi connectivity index (χ0v) is 10.3.